The maximum Gasteiger partial charge on any atom is 0.0588 e. The second-order valence-electron chi connectivity index (χ2n) is 14.8. The van der Waals surface area contributed by atoms with Crippen molar-refractivity contribution in [3.8, 4) is 39.1 Å². The lowest BCUT2D eigenvalue weighted by molar-refractivity contribution is 0.664. The Bertz CT molecular complexity index is 2880. The standard InChI is InChI=1S/C50H35N/c1-50(2)45-22-11-10-19-37(45)41-26-27-42-44-30-33(24-28-46(44)51(49(42)48(41)50)34-15-4-3-5-16-34)32-23-25-40-43(29-32)36-18-8-9-20-39(36)47(40)38-21-12-14-31-13-6-7-17-35(31)38/h3-30,47H,1-2H3. The number of benzene rings is 8. The highest BCUT2D eigenvalue weighted by Crippen LogP contribution is 2.54. The third-order valence-electron chi connectivity index (χ3n) is 11.9. The van der Waals surface area contributed by atoms with Crippen LogP contribution < -0.4 is 0 Å². The zero-order valence-corrected chi connectivity index (χ0v) is 28.7. The van der Waals surface area contributed by atoms with Crippen molar-refractivity contribution in [2.45, 2.75) is 25.2 Å². The van der Waals surface area contributed by atoms with E-state index < -0.39 is 0 Å². The van der Waals surface area contributed by atoms with Crippen LogP contribution in [0.25, 0.3) is 71.6 Å². The molecule has 0 spiro atoms. The SMILES string of the molecule is CC1(C)c2ccccc2-c2ccc3c4cc(-c5ccc6c(c5)-c5ccccc5C6c5cccc6ccccc56)ccc4n(-c4ccccc4)c3c21. The molecule has 2 aliphatic carbocycles. The van der Waals surface area contributed by atoms with Crippen LogP contribution in [0.1, 0.15) is 47.6 Å². The quantitative estimate of drug-likeness (QED) is 0.179. The van der Waals surface area contributed by atoms with Crippen LogP contribution in [0, 0.1) is 0 Å². The van der Waals surface area contributed by atoms with Crippen LogP contribution in [0.4, 0.5) is 0 Å². The van der Waals surface area contributed by atoms with Gasteiger partial charge in [-0.25, -0.2) is 0 Å². The smallest absolute Gasteiger partial charge is 0.0588 e. The largest absolute Gasteiger partial charge is 0.309 e. The highest BCUT2D eigenvalue weighted by molar-refractivity contribution is 6.14. The third kappa shape index (κ3) is 3.92. The van der Waals surface area contributed by atoms with Crippen LogP contribution >= 0.6 is 0 Å². The topological polar surface area (TPSA) is 4.93 Å². The predicted molar refractivity (Wildman–Crippen MR) is 214 cm³/mol. The van der Waals surface area contributed by atoms with Gasteiger partial charge in [0.15, 0.2) is 0 Å². The number of nitrogens with zero attached hydrogens (tertiary/aromatic N) is 1. The van der Waals surface area contributed by atoms with E-state index in [4.69, 9.17) is 0 Å². The second kappa shape index (κ2) is 10.4. The van der Waals surface area contributed by atoms with Gasteiger partial charge in [0.05, 0.1) is 11.0 Å². The molecule has 0 amide bonds. The van der Waals surface area contributed by atoms with Gasteiger partial charge in [-0.1, -0.05) is 153 Å². The molecule has 240 valence electrons. The molecule has 0 fully saturated rings. The van der Waals surface area contributed by atoms with E-state index in [-0.39, 0.29) is 11.3 Å². The fraction of sp³-hybridized carbons (Fsp3) is 0.0800. The molecule has 0 saturated heterocycles. The van der Waals surface area contributed by atoms with E-state index in [0.717, 1.165) is 0 Å². The Balaban J connectivity index is 1.13. The third-order valence-corrected chi connectivity index (χ3v) is 11.9. The summed E-state index contributed by atoms with van der Waals surface area (Å²) in [6.07, 6.45) is 0. The van der Waals surface area contributed by atoms with Gasteiger partial charge in [-0.3, -0.25) is 0 Å². The molecule has 0 N–H and O–H groups in total. The first-order valence-corrected chi connectivity index (χ1v) is 18.1. The summed E-state index contributed by atoms with van der Waals surface area (Å²) < 4.78 is 2.51. The summed E-state index contributed by atoms with van der Waals surface area (Å²) in [5, 5.41) is 5.21. The van der Waals surface area contributed by atoms with Crippen LogP contribution in [-0.2, 0) is 5.41 Å². The van der Waals surface area contributed by atoms with E-state index in [9.17, 15) is 0 Å². The van der Waals surface area contributed by atoms with Gasteiger partial charge in [-0.2, -0.15) is 0 Å². The van der Waals surface area contributed by atoms with E-state index in [2.05, 4.69) is 188 Å². The van der Waals surface area contributed by atoms with Crippen LogP contribution in [-0.4, -0.2) is 4.57 Å². The average Bonchev–Trinajstić information content (AvgIpc) is 3.77. The van der Waals surface area contributed by atoms with Crippen molar-refractivity contribution in [3.05, 3.63) is 198 Å². The Morgan fingerprint density at radius 1 is 0.451 bits per heavy atom. The molecule has 0 aliphatic heterocycles. The molecule has 9 aromatic rings. The maximum atomic E-state index is 2.51. The summed E-state index contributed by atoms with van der Waals surface area (Å²) in [5.41, 5.74) is 18.5. The normalized spacial score (nSPS) is 15.2. The molecule has 51 heavy (non-hydrogen) atoms. The van der Waals surface area contributed by atoms with Crippen LogP contribution in [0.15, 0.2) is 170 Å². The van der Waals surface area contributed by atoms with Crippen LogP contribution in [0.3, 0.4) is 0 Å². The van der Waals surface area contributed by atoms with Gasteiger partial charge >= 0.3 is 0 Å². The zero-order valence-electron chi connectivity index (χ0n) is 28.7. The Hall–Kier alpha value is -6.18. The summed E-state index contributed by atoms with van der Waals surface area (Å²) in [6.45, 7) is 4.78. The summed E-state index contributed by atoms with van der Waals surface area (Å²) in [6, 6.07) is 63.4. The number of rotatable bonds is 3. The van der Waals surface area contributed by atoms with E-state index in [1.165, 1.54) is 99.5 Å². The van der Waals surface area contributed by atoms with Crippen molar-refractivity contribution < 1.29 is 0 Å². The van der Waals surface area contributed by atoms with E-state index in [1.807, 2.05) is 0 Å². The van der Waals surface area contributed by atoms with E-state index >= 15 is 0 Å². The zero-order chi connectivity index (χ0) is 33.8. The minimum absolute atomic E-state index is 0.122. The predicted octanol–water partition coefficient (Wildman–Crippen LogP) is 13.1. The number of hydrogen-bond acceptors (Lipinski definition) is 0. The summed E-state index contributed by atoms with van der Waals surface area (Å²) >= 11 is 0. The maximum absolute atomic E-state index is 2.51. The molecule has 1 unspecified atom stereocenters. The molecule has 11 rings (SSSR count). The molecule has 2 aliphatic rings. The fourth-order valence-electron chi connectivity index (χ4n) is 9.61. The van der Waals surface area contributed by atoms with Crippen molar-refractivity contribution in [2.75, 3.05) is 0 Å². The highest BCUT2D eigenvalue weighted by Gasteiger charge is 2.38. The first kappa shape index (κ1) is 28.6. The fourth-order valence-corrected chi connectivity index (χ4v) is 9.61. The van der Waals surface area contributed by atoms with Crippen molar-refractivity contribution in [3.63, 3.8) is 0 Å². The molecule has 1 heteroatoms. The number of fused-ring (bicyclic) bond motifs is 11. The van der Waals surface area contributed by atoms with Crippen LogP contribution in [0.2, 0.25) is 0 Å². The van der Waals surface area contributed by atoms with Gasteiger partial charge in [0.1, 0.15) is 0 Å². The molecular weight excluding hydrogens is 615 g/mol. The van der Waals surface area contributed by atoms with Gasteiger partial charge in [-0.15, -0.1) is 0 Å². The van der Waals surface area contributed by atoms with Crippen molar-refractivity contribution in [2.24, 2.45) is 0 Å². The molecule has 1 heterocycles. The Morgan fingerprint density at radius 2 is 1.14 bits per heavy atom. The lowest BCUT2D eigenvalue weighted by Gasteiger charge is -2.23. The number of para-hydroxylation sites is 1. The second-order valence-corrected chi connectivity index (χ2v) is 14.8. The summed E-state index contributed by atoms with van der Waals surface area (Å²) in [5.74, 6) is 0.206. The van der Waals surface area contributed by atoms with Crippen molar-refractivity contribution in [1.29, 1.82) is 0 Å². The Kier molecular flexibility index (Phi) is 5.85. The summed E-state index contributed by atoms with van der Waals surface area (Å²) in [4.78, 5) is 0. The Morgan fingerprint density at radius 3 is 2.04 bits per heavy atom. The molecule has 8 aromatic carbocycles. The van der Waals surface area contributed by atoms with Gasteiger partial charge in [0.25, 0.3) is 0 Å². The van der Waals surface area contributed by atoms with Gasteiger partial charge in [0, 0.05) is 27.8 Å². The highest BCUT2D eigenvalue weighted by atomic mass is 15.0. The van der Waals surface area contributed by atoms with Crippen molar-refractivity contribution in [1.82, 2.24) is 4.57 Å². The molecule has 1 nitrogen and oxygen atoms in total. The molecule has 1 atom stereocenters. The summed E-state index contributed by atoms with van der Waals surface area (Å²) in [7, 11) is 0. The minimum Gasteiger partial charge on any atom is -0.309 e. The van der Waals surface area contributed by atoms with E-state index in [0.29, 0.717) is 0 Å². The Labute approximate surface area is 298 Å². The first-order chi connectivity index (χ1) is 25.1. The molecule has 0 saturated carbocycles. The minimum atomic E-state index is -0.122. The molecule has 0 bridgehead atoms. The average molecular weight is 650 g/mol. The number of aromatic nitrogens is 1. The van der Waals surface area contributed by atoms with E-state index in [1.54, 1.807) is 0 Å². The van der Waals surface area contributed by atoms with Gasteiger partial charge < -0.3 is 4.57 Å². The first-order valence-electron chi connectivity index (χ1n) is 18.1. The van der Waals surface area contributed by atoms with Gasteiger partial charge in [0.2, 0.25) is 0 Å². The molecule has 1 aromatic heterocycles. The monoisotopic (exact) mass is 649 g/mol. The molecule has 0 radical (unpaired) electrons. The lowest BCUT2D eigenvalue weighted by atomic mass is 9.81. The molecular formula is C50H35N. The van der Waals surface area contributed by atoms with Crippen molar-refractivity contribution >= 4 is 32.6 Å². The van der Waals surface area contributed by atoms with Gasteiger partial charge in [-0.05, 0) is 102 Å². The van der Waals surface area contributed by atoms with Crippen LogP contribution in [0.5, 0.6) is 0 Å². The number of hydrogen-bond donors (Lipinski definition) is 0. The lowest BCUT2D eigenvalue weighted by Crippen LogP contribution is -2.16.